The van der Waals surface area contributed by atoms with E-state index in [-0.39, 0.29) is 0 Å². The molecule has 1 N–H and O–H groups in total. The summed E-state index contributed by atoms with van der Waals surface area (Å²) in [5.41, 5.74) is 8.96. The van der Waals surface area contributed by atoms with Crippen LogP contribution in [0.1, 0.15) is 22.9 Å². The maximum atomic E-state index is 5.40. The van der Waals surface area contributed by atoms with Crippen molar-refractivity contribution in [1.82, 2.24) is 9.88 Å². The van der Waals surface area contributed by atoms with Gasteiger partial charge in [-0.2, -0.15) is 0 Å². The first kappa shape index (κ1) is 33.3. The number of nitrogens with zero attached hydrogens (tertiary/aromatic N) is 3. The van der Waals surface area contributed by atoms with E-state index in [2.05, 4.69) is 216 Å². The lowest BCUT2D eigenvalue weighted by atomic mass is 9.99. The summed E-state index contributed by atoms with van der Waals surface area (Å²) in [5.74, 6) is 1.59. The number of hydrogen-bond donors (Lipinski definition) is 1. The number of benzene rings is 10. The highest BCUT2D eigenvalue weighted by molar-refractivity contribution is 6.26. The first-order valence-corrected chi connectivity index (χ1v) is 20.2. The summed E-state index contributed by atoms with van der Waals surface area (Å²) >= 11 is 0. The number of aliphatic imine (C=N–C) groups is 2. The fourth-order valence-corrected chi connectivity index (χ4v) is 9.19. The molecule has 0 saturated carbocycles. The summed E-state index contributed by atoms with van der Waals surface area (Å²) in [6.07, 6.45) is -0.483. The van der Waals surface area contributed by atoms with Crippen molar-refractivity contribution in [3.05, 3.63) is 223 Å². The third-order valence-electron chi connectivity index (χ3n) is 12.0. The van der Waals surface area contributed by atoms with Crippen LogP contribution in [0, 0.1) is 0 Å². The van der Waals surface area contributed by atoms with Crippen LogP contribution >= 0.6 is 0 Å². The van der Waals surface area contributed by atoms with Gasteiger partial charge in [-0.3, -0.25) is 0 Å². The van der Waals surface area contributed by atoms with Crippen LogP contribution in [0.5, 0.6) is 0 Å². The molecular weight excluding hydrogens is 717 g/mol. The van der Waals surface area contributed by atoms with Crippen LogP contribution in [0.25, 0.3) is 81.7 Å². The first-order valence-electron chi connectivity index (χ1n) is 20.2. The Morgan fingerprint density at radius 1 is 0.373 bits per heavy atom. The van der Waals surface area contributed by atoms with Crippen LogP contribution in [0.4, 0.5) is 0 Å². The van der Waals surface area contributed by atoms with Crippen molar-refractivity contribution < 1.29 is 0 Å². The Labute approximate surface area is 341 Å². The van der Waals surface area contributed by atoms with E-state index in [0.717, 1.165) is 50.4 Å². The lowest BCUT2D eigenvalue weighted by Gasteiger charge is -2.24. The van der Waals surface area contributed by atoms with E-state index in [4.69, 9.17) is 9.98 Å². The number of hydrogen-bond acceptors (Lipinski definition) is 3. The predicted octanol–water partition coefficient (Wildman–Crippen LogP) is 13.6. The topological polar surface area (TPSA) is 41.7 Å². The Morgan fingerprint density at radius 2 is 0.932 bits per heavy atom. The fraction of sp³-hybridized carbons (Fsp3) is 0.0182. The normalized spacial score (nSPS) is 14.3. The molecule has 0 amide bonds. The van der Waals surface area contributed by atoms with Crippen LogP contribution in [0.3, 0.4) is 0 Å². The van der Waals surface area contributed by atoms with Crippen molar-refractivity contribution in [3.8, 4) is 16.8 Å². The molecule has 4 nitrogen and oxygen atoms in total. The van der Waals surface area contributed by atoms with E-state index in [1.165, 1.54) is 59.7 Å². The summed E-state index contributed by atoms with van der Waals surface area (Å²) in [7, 11) is 0. The fourth-order valence-electron chi connectivity index (χ4n) is 9.19. The van der Waals surface area contributed by atoms with Crippen LogP contribution < -0.4 is 5.32 Å². The molecule has 59 heavy (non-hydrogen) atoms. The van der Waals surface area contributed by atoms with Crippen molar-refractivity contribution in [3.63, 3.8) is 0 Å². The van der Waals surface area contributed by atoms with Gasteiger partial charge in [-0.05, 0) is 61.6 Å². The van der Waals surface area contributed by atoms with Gasteiger partial charge in [-0.1, -0.05) is 188 Å². The number of aromatic nitrogens is 1. The zero-order valence-electron chi connectivity index (χ0n) is 32.0. The molecule has 0 aliphatic carbocycles. The highest BCUT2D eigenvalue weighted by atomic mass is 15.2. The van der Waals surface area contributed by atoms with Crippen molar-refractivity contribution in [2.45, 2.75) is 6.17 Å². The summed E-state index contributed by atoms with van der Waals surface area (Å²) in [6.45, 7) is 0. The van der Waals surface area contributed by atoms with Gasteiger partial charge in [-0.15, -0.1) is 0 Å². The second-order valence-corrected chi connectivity index (χ2v) is 15.4. The van der Waals surface area contributed by atoms with Crippen LogP contribution in [-0.4, -0.2) is 16.2 Å². The maximum absolute atomic E-state index is 5.40. The summed E-state index contributed by atoms with van der Waals surface area (Å²) in [6, 6.07) is 74.1. The average Bonchev–Trinajstić information content (AvgIpc) is 3.66. The van der Waals surface area contributed by atoms with E-state index < -0.39 is 6.17 Å². The quantitative estimate of drug-likeness (QED) is 0.187. The summed E-state index contributed by atoms with van der Waals surface area (Å²) in [5, 5.41) is 15.8. The number of amidine groups is 2. The smallest absolute Gasteiger partial charge is 0.170 e. The van der Waals surface area contributed by atoms with Gasteiger partial charge in [0.05, 0.1) is 16.7 Å². The Morgan fingerprint density at radius 3 is 1.73 bits per heavy atom. The standard InChI is InChI=1S/C55H36N4/c1-2-12-35(13-3-1)37-22-25-40(26-23-37)53-56-54(42-27-24-36-14-4-5-17-41(36)34-42)58-55(57-53)47-31-33-49(46-21-11-10-20-45(46)47)59-50-32-29-38-15-6-8-18-43(38)51(50)48-30-28-39-16-7-9-19-44(39)52(48)59/h1-34,55H,(H,56,57,58). The predicted molar refractivity (Wildman–Crippen MR) is 248 cm³/mol. The zero-order chi connectivity index (χ0) is 38.9. The maximum Gasteiger partial charge on any atom is 0.170 e. The molecule has 4 heteroatoms. The van der Waals surface area contributed by atoms with E-state index in [0.29, 0.717) is 0 Å². The molecule has 1 unspecified atom stereocenters. The molecule has 276 valence electrons. The monoisotopic (exact) mass is 752 g/mol. The number of fused-ring (bicyclic) bond motifs is 9. The number of rotatable bonds is 5. The van der Waals surface area contributed by atoms with E-state index in [1.807, 2.05) is 0 Å². The Kier molecular flexibility index (Phi) is 7.57. The van der Waals surface area contributed by atoms with E-state index >= 15 is 0 Å². The van der Waals surface area contributed by atoms with Crippen LogP contribution in [0.2, 0.25) is 0 Å². The Balaban J connectivity index is 1.07. The van der Waals surface area contributed by atoms with Crippen LogP contribution in [-0.2, 0) is 0 Å². The molecule has 0 bridgehead atoms. The molecule has 0 saturated heterocycles. The average molecular weight is 753 g/mol. The third kappa shape index (κ3) is 5.45. The minimum atomic E-state index is -0.483. The van der Waals surface area contributed by atoms with Gasteiger partial charge < -0.3 is 9.88 Å². The van der Waals surface area contributed by atoms with E-state index in [1.54, 1.807) is 0 Å². The molecule has 12 rings (SSSR count). The third-order valence-corrected chi connectivity index (χ3v) is 12.0. The second kappa shape index (κ2) is 13.4. The molecule has 1 aliphatic heterocycles. The molecule has 1 atom stereocenters. The van der Waals surface area contributed by atoms with Gasteiger partial charge in [0.15, 0.2) is 6.17 Å². The van der Waals surface area contributed by atoms with Crippen molar-refractivity contribution in [2.24, 2.45) is 9.98 Å². The highest BCUT2D eigenvalue weighted by Crippen LogP contribution is 2.42. The van der Waals surface area contributed by atoms with Gasteiger partial charge in [0, 0.05) is 38.2 Å². The SMILES string of the molecule is c1ccc(-c2ccc(C3=NC(c4ccc(-n5c6ccc7ccccc7c6c6ccc7ccccc7c65)c5ccccc45)N=C(c4ccc5ccccc5c4)N3)cc2)cc1. The van der Waals surface area contributed by atoms with Crippen molar-refractivity contribution in [2.75, 3.05) is 0 Å². The molecule has 11 aromatic rings. The van der Waals surface area contributed by atoms with Crippen molar-refractivity contribution in [1.29, 1.82) is 0 Å². The lowest BCUT2D eigenvalue weighted by molar-refractivity contribution is 0.762. The number of nitrogens with one attached hydrogen (secondary N) is 1. The largest absolute Gasteiger partial charge is 0.324 e. The lowest BCUT2D eigenvalue weighted by Crippen LogP contribution is -2.36. The van der Waals surface area contributed by atoms with E-state index in [9.17, 15) is 0 Å². The molecule has 1 aromatic heterocycles. The highest BCUT2D eigenvalue weighted by Gasteiger charge is 2.25. The first-order chi connectivity index (χ1) is 29.2. The van der Waals surface area contributed by atoms with Gasteiger partial charge in [0.1, 0.15) is 11.7 Å². The summed E-state index contributed by atoms with van der Waals surface area (Å²) in [4.78, 5) is 10.8. The molecule has 1 aliphatic rings. The molecule has 10 aromatic carbocycles. The molecular formula is C55H36N4. The Hall–Kier alpha value is -7.82. The molecule has 0 fully saturated rings. The van der Waals surface area contributed by atoms with Gasteiger partial charge in [-0.25, -0.2) is 9.98 Å². The minimum absolute atomic E-state index is 0.483. The molecule has 2 heterocycles. The molecule has 0 radical (unpaired) electrons. The van der Waals surface area contributed by atoms with Crippen LogP contribution in [0.15, 0.2) is 216 Å². The summed E-state index contributed by atoms with van der Waals surface area (Å²) < 4.78 is 2.49. The molecule has 0 spiro atoms. The second-order valence-electron chi connectivity index (χ2n) is 15.4. The van der Waals surface area contributed by atoms with Crippen molar-refractivity contribution >= 4 is 76.6 Å². The minimum Gasteiger partial charge on any atom is -0.324 e. The van der Waals surface area contributed by atoms with Gasteiger partial charge in [0.25, 0.3) is 0 Å². The zero-order valence-corrected chi connectivity index (χ0v) is 32.0. The Bertz CT molecular complexity index is 3520. The van der Waals surface area contributed by atoms with Gasteiger partial charge >= 0.3 is 0 Å². The van der Waals surface area contributed by atoms with Gasteiger partial charge in [0.2, 0.25) is 0 Å².